The molecule has 0 fully saturated rings. The van der Waals surface area contributed by atoms with Gasteiger partial charge in [0.2, 0.25) is 5.88 Å². The highest BCUT2D eigenvalue weighted by molar-refractivity contribution is 5.33. The number of ether oxygens (including phenoxy) is 1. The Hall–Kier alpha value is -3.19. The number of hydrogen-bond donors (Lipinski definition) is 0. The maximum Gasteiger partial charge on any atom is 0.269 e. The van der Waals surface area contributed by atoms with Crippen LogP contribution in [0.25, 0.3) is 0 Å². The van der Waals surface area contributed by atoms with E-state index in [2.05, 4.69) is 22.1 Å². The molecule has 3 aromatic rings. The molecule has 0 atom stereocenters. The quantitative estimate of drug-likeness (QED) is 0.297. The van der Waals surface area contributed by atoms with Crippen LogP contribution in [0.2, 0.25) is 0 Å². The summed E-state index contributed by atoms with van der Waals surface area (Å²) in [5.74, 6) is 0.608. The van der Waals surface area contributed by atoms with Gasteiger partial charge >= 0.3 is 0 Å². The van der Waals surface area contributed by atoms with Crippen LogP contribution in [0.3, 0.4) is 0 Å². The van der Waals surface area contributed by atoms with Gasteiger partial charge in [-0.25, -0.2) is 0 Å². The zero-order chi connectivity index (χ0) is 20.6. The molecule has 0 radical (unpaired) electrons. The Balaban J connectivity index is 1.75. The Morgan fingerprint density at radius 3 is 2.45 bits per heavy atom. The molecule has 152 valence electrons. The predicted octanol–water partition coefficient (Wildman–Crippen LogP) is 3.76. The lowest BCUT2D eigenvalue weighted by Crippen LogP contribution is -2.15. The molecule has 0 aliphatic heterocycles. The first kappa shape index (κ1) is 20.5. The topological polar surface area (TPSA) is 73.4 Å². The van der Waals surface area contributed by atoms with Crippen molar-refractivity contribution in [2.24, 2.45) is 0 Å². The Morgan fingerprint density at radius 2 is 1.79 bits per heavy atom. The predicted molar refractivity (Wildman–Crippen MR) is 112 cm³/mol. The number of nitro benzene ring substituents is 1. The smallest absolute Gasteiger partial charge is 0.269 e. The third kappa shape index (κ3) is 6.15. The molecular weight excluding hydrogens is 368 g/mol. The summed E-state index contributed by atoms with van der Waals surface area (Å²) in [4.78, 5) is 12.6. The maximum absolute atomic E-state index is 10.9. The molecule has 0 saturated carbocycles. The van der Waals surface area contributed by atoms with Gasteiger partial charge in [0.05, 0.1) is 18.1 Å². The fraction of sp³-hybridized carbons (Fsp3) is 0.318. The lowest BCUT2D eigenvalue weighted by Gasteiger charge is -2.09. The number of hydrogen-bond acceptors (Lipinski definition) is 5. The zero-order valence-electron chi connectivity index (χ0n) is 16.8. The Labute approximate surface area is 170 Å². The minimum atomic E-state index is -0.391. The van der Waals surface area contributed by atoms with Crippen molar-refractivity contribution in [3.05, 3.63) is 87.6 Å². The van der Waals surface area contributed by atoms with Crippen LogP contribution < -0.4 is 4.74 Å². The Bertz CT molecular complexity index is 921. The second-order valence-electron chi connectivity index (χ2n) is 7.22. The maximum atomic E-state index is 10.9. The fourth-order valence-corrected chi connectivity index (χ4v) is 3.04. The second-order valence-corrected chi connectivity index (χ2v) is 7.22. The molecule has 29 heavy (non-hydrogen) atoms. The molecular formula is C22H26N4O3. The van der Waals surface area contributed by atoms with E-state index in [1.807, 2.05) is 43.0 Å². The molecule has 3 rings (SSSR count). The fourth-order valence-electron chi connectivity index (χ4n) is 3.04. The highest BCUT2D eigenvalue weighted by atomic mass is 16.6. The van der Waals surface area contributed by atoms with Gasteiger partial charge in [0.25, 0.3) is 5.69 Å². The highest BCUT2D eigenvalue weighted by Crippen LogP contribution is 2.19. The number of non-ortho nitro benzene ring substituents is 1. The molecule has 7 nitrogen and oxygen atoms in total. The molecule has 0 saturated heterocycles. The SMILES string of the molecule is CN(C)CCCOc1cc(Cc2ccccc2)n(Cc2ccc([N+](=O)[O-])cc2)n1. The van der Waals surface area contributed by atoms with E-state index in [4.69, 9.17) is 4.74 Å². The van der Waals surface area contributed by atoms with Crippen LogP contribution in [0.5, 0.6) is 5.88 Å². The molecule has 1 heterocycles. The molecule has 0 N–H and O–H groups in total. The molecule has 1 aromatic heterocycles. The average Bonchev–Trinajstić information content (AvgIpc) is 3.07. The summed E-state index contributed by atoms with van der Waals surface area (Å²) in [7, 11) is 4.08. The highest BCUT2D eigenvalue weighted by Gasteiger charge is 2.12. The van der Waals surface area contributed by atoms with Crippen LogP contribution in [0.1, 0.15) is 23.2 Å². The van der Waals surface area contributed by atoms with Crippen molar-refractivity contribution in [3.63, 3.8) is 0 Å². The van der Waals surface area contributed by atoms with Crippen molar-refractivity contribution in [1.82, 2.24) is 14.7 Å². The van der Waals surface area contributed by atoms with Crippen LogP contribution >= 0.6 is 0 Å². The van der Waals surface area contributed by atoms with Crippen LogP contribution in [0.4, 0.5) is 5.69 Å². The van der Waals surface area contributed by atoms with E-state index < -0.39 is 4.92 Å². The van der Waals surface area contributed by atoms with Crippen LogP contribution in [-0.2, 0) is 13.0 Å². The van der Waals surface area contributed by atoms with Gasteiger partial charge in [-0.15, -0.1) is 5.10 Å². The van der Waals surface area contributed by atoms with E-state index in [1.165, 1.54) is 17.7 Å². The lowest BCUT2D eigenvalue weighted by atomic mass is 10.1. The van der Waals surface area contributed by atoms with Crippen molar-refractivity contribution in [2.45, 2.75) is 19.4 Å². The number of nitro groups is 1. The van der Waals surface area contributed by atoms with E-state index in [1.54, 1.807) is 12.1 Å². The first-order chi connectivity index (χ1) is 14.0. The molecule has 0 bridgehead atoms. The number of benzene rings is 2. The van der Waals surface area contributed by atoms with Crippen LogP contribution in [0.15, 0.2) is 60.7 Å². The van der Waals surface area contributed by atoms with E-state index in [0.717, 1.165) is 30.6 Å². The minimum Gasteiger partial charge on any atom is -0.477 e. The van der Waals surface area contributed by atoms with Crippen molar-refractivity contribution in [3.8, 4) is 5.88 Å². The monoisotopic (exact) mass is 394 g/mol. The van der Waals surface area contributed by atoms with Gasteiger partial charge in [0.15, 0.2) is 0 Å². The first-order valence-electron chi connectivity index (χ1n) is 9.63. The number of rotatable bonds is 10. The number of nitrogens with zero attached hydrogens (tertiary/aromatic N) is 4. The van der Waals surface area contributed by atoms with Crippen molar-refractivity contribution < 1.29 is 9.66 Å². The standard InChI is InChI=1S/C22H26N4O3/c1-24(2)13-6-14-29-22-16-21(15-18-7-4-3-5-8-18)25(23-22)17-19-9-11-20(12-10-19)26(27)28/h3-5,7-12,16H,6,13-15,17H2,1-2H3. The molecule has 2 aromatic carbocycles. The second kappa shape index (κ2) is 9.84. The van der Waals surface area contributed by atoms with Gasteiger partial charge in [0.1, 0.15) is 0 Å². The Morgan fingerprint density at radius 1 is 1.07 bits per heavy atom. The summed E-state index contributed by atoms with van der Waals surface area (Å²) in [6, 6.07) is 18.8. The van der Waals surface area contributed by atoms with Gasteiger partial charge in [-0.2, -0.15) is 0 Å². The van der Waals surface area contributed by atoms with Crippen LogP contribution in [-0.4, -0.2) is 46.9 Å². The summed E-state index contributed by atoms with van der Waals surface area (Å²) in [5, 5.41) is 15.5. The van der Waals surface area contributed by atoms with E-state index >= 15 is 0 Å². The average molecular weight is 394 g/mol. The van der Waals surface area contributed by atoms with Gasteiger partial charge in [-0.1, -0.05) is 42.5 Å². The van der Waals surface area contributed by atoms with E-state index in [0.29, 0.717) is 19.0 Å². The minimum absolute atomic E-state index is 0.0867. The zero-order valence-corrected chi connectivity index (χ0v) is 16.8. The summed E-state index contributed by atoms with van der Waals surface area (Å²) in [5.41, 5.74) is 3.27. The summed E-state index contributed by atoms with van der Waals surface area (Å²) in [6.07, 6.45) is 1.66. The van der Waals surface area contributed by atoms with Gasteiger partial charge in [-0.3, -0.25) is 14.8 Å². The van der Waals surface area contributed by atoms with Crippen molar-refractivity contribution >= 4 is 5.69 Å². The molecule has 0 amide bonds. The molecule has 0 spiro atoms. The normalized spacial score (nSPS) is 11.0. The third-order valence-corrected chi connectivity index (χ3v) is 4.55. The van der Waals surface area contributed by atoms with Crippen molar-refractivity contribution in [1.29, 1.82) is 0 Å². The number of aromatic nitrogens is 2. The molecule has 0 unspecified atom stereocenters. The molecule has 0 aliphatic rings. The summed E-state index contributed by atoms with van der Waals surface area (Å²) < 4.78 is 7.77. The summed E-state index contributed by atoms with van der Waals surface area (Å²) in [6.45, 7) is 2.10. The van der Waals surface area contributed by atoms with Gasteiger partial charge < -0.3 is 9.64 Å². The molecule has 7 heteroatoms. The third-order valence-electron chi connectivity index (χ3n) is 4.55. The van der Waals surface area contributed by atoms with Gasteiger partial charge in [-0.05, 0) is 31.6 Å². The Kier molecular flexibility index (Phi) is 6.97. The van der Waals surface area contributed by atoms with Gasteiger partial charge in [0, 0.05) is 36.9 Å². The van der Waals surface area contributed by atoms with E-state index in [-0.39, 0.29) is 5.69 Å². The van der Waals surface area contributed by atoms with Crippen molar-refractivity contribution in [2.75, 3.05) is 27.2 Å². The largest absolute Gasteiger partial charge is 0.477 e. The first-order valence-corrected chi connectivity index (χ1v) is 9.63. The summed E-state index contributed by atoms with van der Waals surface area (Å²) >= 11 is 0. The molecule has 0 aliphatic carbocycles. The van der Waals surface area contributed by atoms with E-state index in [9.17, 15) is 10.1 Å². The lowest BCUT2D eigenvalue weighted by molar-refractivity contribution is -0.384. The van der Waals surface area contributed by atoms with Crippen LogP contribution in [0, 0.1) is 10.1 Å².